The van der Waals surface area contributed by atoms with Crippen molar-refractivity contribution in [1.29, 1.82) is 0 Å². The van der Waals surface area contributed by atoms with E-state index in [-0.39, 0.29) is 6.42 Å². The van der Waals surface area contributed by atoms with E-state index in [1.54, 1.807) is 12.4 Å². The summed E-state index contributed by atoms with van der Waals surface area (Å²) in [5, 5.41) is 8.62. The Morgan fingerprint density at radius 2 is 2.35 bits per heavy atom. The zero-order valence-electron chi connectivity index (χ0n) is 9.50. The quantitative estimate of drug-likeness (QED) is 0.865. The van der Waals surface area contributed by atoms with E-state index in [9.17, 15) is 4.79 Å². The van der Waals surface area contributed by atoms with Crippen LogP contribution in [0.4, 0.5) is 0 Å². The zero-order chi connectivity index (χ0) is 12.3. The molecule has 5 heteroatoms. The van der Waals surface area contributed by atoms with Crippen LogP contribution in [-0.2, 0) is 18.3 Å². The molecular weight excluding hydrogens is 218 g/mol. The summed E-state index contributed by atoms with van der Waals surface area (Å²) in [7, 11) is 1.89. The Labute approximate surface area is 98.8 Å². The van der Waals surface area contributed by atoms with Crippen molar-refractivity contribution in [3.05, 3.63) is 36.4 Å². The Morgan fingerprint density at radius 1 is 1.53 bits per heavy atom. The van der Waals surface area contributed by atoms with E-state index in [1.165, 1.54) is 0 Å². The molecule has 2 aromatic heterocycles. The van der Waals surface area contributed by atoms with Gasteiger partial charge >= 0.3 is 5.97 Å². The van der Waals surface area contributed by atoms with Crippen LogP contribution in [0.1, 0.15) is 12.1 Å². The van der Waals surface area contributed by atoms with Crippen LogP contribution in [0.15, 0.2) is 30.7 Å². The van der Waals surface area contributed by atoms with Gasteiger partial charge in [0.15, 0.2) is 0 Å². The van der Waals surface area contributed by atoms with Gasteiger partial charge in [-0.1, -0.05) is 0 Å². The monoisotopic (exact) mass is 231 g/mol. The number of imidazole rings is 1. The van der Waals surface area contributed by atoms with E-state index < -0.39 is 5.97 Å². The summed E-state index contributed by atoms with van der Waals surface area (Å²) in [6, 6.07) is 3.78. The molecule has 0 saturated heterocycles. The van der Waals surface area contributed by atoms with E-state index in [0.29, 0.717) is 6.42 Å². The summed E-state index contributed by atoms with van der Waals surface area (Å²) < 4.78 is 1.88. The lowest BCUT2D eigenvalue weighted by Gasteiger charge is -1.99. The Kier molecular flexibility index (Phi) is 3.18. The highest BCUT2D eigenvalue weighted by Gasteiger charge is 2.08. The molecule has 0 amide bonds. The Balaban J connectivity index is 2.22. The minimum absolute atomic E-state index is 0.101. The summed E-state index contributed by atoms with van der Waals surface area (Å²) in [5.74, 6) is -0.00271. The first-order chi connectivity index (χ1) is 8.16. The van der Waals surface area contributed by atoms with Gasteiger partial charge in [-0.05, 0) is 12.1 Å². The van der Waals surface area contributed by atoms with Gasteiger partial charge < -0.3 is 9.67 Å². The van der Waals surface area contributed by atoms with Crippen molar-refractivity contribution < 1.29 is 9.90 Å². The van der Waals surface area contributed by atoms with Crippen LogP contribution >= 0.6 is 0 Å². The van der Waals surface area contributed by atoms with Gasteiger partial charge in [-0.15, -0.1) is 0 Å². The molecule has 0 aliphatic carbocycles. The lowest BCUT2D eigenvalue weighted by Crippen LogP contribution is -1.97. The minimum Gasteiger partial charge on any atom is -0.481 e. The van der Waals surface area contributed by atoms with E-state index in [2.05, 4.69) is 9.97 Å². The molecule has 88 valence electrons. The first kappa shape index (κ1) is 11.3. The molecule has 17 heavy (non-hydrogen) atoms. The van der Waals surface area contributed by atoms with Crippen LogP contribution < -0.4 is 0 Å². The van der Waals surface area contributed by atoms with Crippen LogP contribution in [0.3, 0.4) is 0 Å². The van der Waals surface area contributed by atoms with Crippen LogP contribution in [0.2, 0.25) is 0 Å². The number of hydrogen-bond acceptors (Lipinski definition) is 3. The summed E-state index contributed by atoms with van der Waals surface area (Å²) in [6.45, 7) is 0. The molecule has 1 N–H and O–H groups in total. The summed E-state index contributed by atoms with van der Waals surface area (Å²) in [4.78, 5) is 18.9. The average Bonchev–Trinajstić information content (AvgIpc) is 2.69. The molecule has 0 bridgehead atoms. The predicted octanol–water partition coefficient (Wildman–Crippen LogP) is 1.50. The number of hydrogen-bond donors (Lipinski definition) is 1. The fraction of sp³-hybridized carbons (Fsp3) is 0.250. The topological polar surface area (TPSA) is 68.0 Å². The van der Waals surface area contributed by atoms with Crippen molar-refractivity contribution >= 4 is 5.97 Å². The van der Waals surface area contributed by atoms with E-state index >= 15 is 0 Å². The molecule has 0 radical (unpaired) electrons. The molecule has 0 saturated carbocycles. The minimum atomic E-state index is -0.807. The Hall–Kier alpha value is -2.17. The number of aryl methyl sites for hydroxylation is 2. The molecular formula is C12H13N3O2. The first-order valence-corrected chi connectivity index (χ1v) is 5.31. The molecule has 0 spiro atoms. The largest absolute Gasteiger partial charge is 0.481 e. The highest BCUT2D eigenvalue weighted by molar-refractivity contribution is 5.67. The molecule has 2 heterocycles. The van der Waals surface area contributed by atoms with Crippen molar-refractivity contribution in [1.82, 2.24) is 14.5 Å². The number of carbonyl (C=O) groups is 1. The molecule has 0 unspecified atom stereocenters. The lowest BCUT2D eigenvalue weighted by atomic mass is 10.2. The molecule has 0 aliphatic rings. The van der Waals surface area contributed by atoms with Gasteiger partial charge in [-0.25, -0.2) is 4.98 Å². The molecule has 5 nitrogen and oxygen atoms in total. The maximum Gasteiger partial charge on any atom is 0.303 e. The van der Waals surface area contributed by atoms with Crippen LogP contribution in [0.5, 0.6) is 0 Å². The number of aliphatic carboxylic acids is 1. The van der Waals surface area contributed by atoms with Gasteiger partial charge in [0.1, 0.15) is 5.82 Å². The number of carboxylic acids is 1. The van der Waals surface area contributed by atoms with E-state index in [1.807, 2.05) is 29.9 Å². The van der Waals surface area contributed by atoms with Gasteiger partial charge in [0.05, 0.1) is 12.1 Å². The van der Waals surface area contributed by atoms with Crippen molar-refractivity contribution in [2.45, 2.75) is 12.8 Å². The zero-order valence-corrected chi connectivity index (χ0v) is 9.50. The number of nitrogens with zero attached hydrogens (tertiary/aromatic N) is 3. The molecule has 2 rings (SSSR count). The summed E-state index contributed by atoms with van der Waals surface area (Å²) in [6.07, 6.45) is 5.85. The Bertz CT molecular complexity index is 520. The highest BCUT2D eigenvalue weighted by atomic mass is 16.4. The van der Waals surface area contributed by atoms with Gasteiger partial charge in [-0.2, -0.15) is 0 Å². The highest BCUT2D eigenvalue weighted by Crippen LogP contribution is 2.17. The Morgan fingerprint density at radius 3 is 3.00 bits per heavy atom. The predicted molar refractivity (Wildman–Crippen MR) is 62.4 cm³/mol. The smallest absolute Gasteiger partial charge is 0.303 e. The third-order valence-corrected chi connectivity index (χ3v) is 2.44. The lowest BCUT2D eigenvalue weighted by molar-refractivity contribution is -0.136. The second kappa shape index (κ2) is 4.78. The van der Waals surface area contributed by atoms with Crippen molar-refractivity contribution in [2.24, 2.45) is 7.05 Å². The van der Waals surface area contributed by atoms with Crippen molar-refractivity contribution in [2.75, 3.05) is 0 Å². The standard InChI is InChI=1S/C12H13N3O2/c1-15-8-10(4-5-11(16)17)14-12(15)9-3-2-6-13-7-9/h2-3,6-8H,4-5H2,1H3,(H,16,17). The van der Waals surface area contributed by atoms with Gasteiger partial charge in [-0.3, -0.25) is 9.78 Å². The average molecular weight is 231 g/mol. The van der Waals surface area contributed by atoms with Gasteiger partial charge in [0.2, 0.25) is 0 Å². The van der Waals surface area contributed by atoms with Crippen LogP contribution in [0.25, 0.3) is 11.4 Å². The first-order valence-electron chi connectivity index (χ1n) is 5.31. The second-order valence-electron chi connectivity index (χ2n) is 3.80. The SMILES string of the molecule is Cn1cc(CCC(=O)O)nc1-c1cccnc1. The molecule has 0 fully saturated rings. The van der Waals surface area contributed by atoms with Crippen LogP contribution in [0, 0.1) is 0 Å². The molecule has 0 aliphatic heterocycles. The second-order valence-corrected chi connectivity index (χ2v) is 3.80. The molecule has 2 aromatic rings. The number of aromatic nitrogens is 3. The summed E-state index contributed by atoms with van der Waals surface area (Å²) in [5.41, 5.74) is 1.71. The number of rotatable bonds is 4. The third kappa shape index (κ3) is 2.69. The van der Waals surface area contributed by atoms with Crippen molar-refractivity contribution in [3.8, 4) is 11.4 Å². The number of carboxylic acid groups (broad SMARTS) is 1. The van der Waals surface area contributed by atoms with E-state index in [4.69, 9.17) is 5.11 Å². The third-order valence-electron chi connectivity index (χ3n) is 2.44. The maximum absolute atomic E-state index is 10.5. The fourth-order valence-electron chi connectivity index (χ4n) is 1.65. The normalized spacial score (nSPS) is 10.4. The van der Waals surface area contributed by atoms with E-state index in [0.717, 1.165) is 17.1 Å². The number of pyridine rings is 1. The fourth-order valence-corrected chi connectivity index (χ4v) is 1.65. The van der Waals surface area contributed by atoms with Gasteiger partial charge in [0, 0.05) is 37.6 Å². The summed E-state index contributed by atoms with van der Waals surface area (Å²) >= 11 is 0. The maximum atomic E-state index is 10.5. The molecule has 0 atom stereocenters. The van der Waals surface area contributed by atoms with Crippen molar-refractivity contribution in [3.63, 3.8) is 0 Å². The van der Waals surface area contributed by atoms with Gasteiger partial charge in [0.25, 0.3) is 0 Å². The van der Waals surface area contributed by atoms with Crippen LogP contribution in [-0.4, -0.2) is 25.6 Å². The molecule has 0 aromatic carbocycles.